The minimum atomic E-state index is -4.70. The molecule has 130 valence electrons. The summed E-state index contributed by atoms with van der Waals surface area (Å²) in [4.78, 5) is 24.5. The van der Waals surface area contributed by atoms with Crippen molar-refractivity contribution in [1.29, 1.82) is 0 Å². The second kappa shape index (κ2) is 5.86. The van der Waals surface area contributed by atoms with E-state index in [9.17, 15) is 27.9 Å². The number of hydrogen-bond acceptors (Lipinski definition) is 3. The van der Waals surface area contributed by atoms with Crippen LogP contribution in [0, 0.1) is 0 Å². The zero-order chi connectivity index (χ0) is 18.4. The quantitative estimate of drug-likeness (QED) is 0.809. The Hall–Kier alpha value is -2.38. The Labute approximate surface area is 145 Å². The van der Waals surface area contributed by atoms with Gasteiger partial charge in [-0.3, -0.25) is 9.59 Å². The van der Waals surface area contributed by atoms with Crippen molar-refractivity contribution in [2.45, 2.75) is 18.2 Å². The molecule has 2 aromatic carbocycles. The molecular formula is C17H11ClF3NO3. The molecule has 25 heavy (non-hydrogen) atoms. The maximum absolute atomic E-state index is 13.1. The second-order valence-corrected chi connectivity index (χ2v) is 6.08. The molecule has 2 aromatic rings. The molecule has 0 bridgehead atoms. The third kappa shape index (κ3) is 3.01. The molecule has 0 radical (unpaired) electrons. The van der Waals surface area contributed by atoms with E-state index < -0.39 is 41.1 Å². The van der Waals surface area contributed by atoms with Crippen LogP contribution in [0.25, 0.3) is 0 Å². The molecule has 2 N–H and O–H groups in total. The molecule has 1 aliphatic rings. The van der Waals surface area contributed by atoms with Crippen LogP contribution in [0.1, 0.15) is 27.9 Å². The number of fused-ring (bicyclic) bond motifs is 1. The highest BCUT2D eigenvalue weighted by Crippen LogP contribution is 2.45. The van der Waals surface area contributed by atoms with E-state index in [0.29, 0.717) is 5.02 Å². The summed E-state index contributed by atoms with van der Waals surface area (Å²) < 4.78 is 39.2. The van der Waals surface area contributed by atoms with E-state index in [1.807, 2.05) is 5.32 Å². The van der Waals surface area contributed by atoms with Crippen molar-refractivity contribution in [1.82, 2.24) is 0 Å². The van der Waals surface area contributed by atoms with Crippen molar-refractivity contribution in [2.24, 2.45) is 0 Å². The van der Waals surface area contributed by atoms with Crippen molar-refractivity contribution in [3.63, 3.8) is 0 Å². The average molecular weight is 370 g/mol. The molecule has 0 aromatic heterocycles. The largest absolute Gasteiger partial charge is 0.418 e. The Morgan fingerprint density at radius 2 is 1.80 bits per heavy atom. The van der Waals surface area contributed by atoms with E-state index in [4.69, 9.17) is 11.6 Å². The fourth-order valence-electron chi connectivity index (χ4n) is 2.75. The molecular weight excluding hydrogens is 359 g/mol. The fraction of sp³-hybridized carbons (Fsp3) is 0.176. The second-order valence-electron chi connectivity index (χ2n) is 5.65. The van der Waals surface area contributed by atoms with Gasteiger partial charge in [-0.1, -0.05) is 23.7 Å². The van der Waals surface area contributed by atoms with Crippen molar-refractivity contribution in [2.75, 3.05) is 5.32 Å². The molecule has 0 saturated carbocycles. The number of amides is 1. The highest BCUT2D eigenvalue weighted by molar-refractivity contribution is 6.30. The van der Waals surface area contributed by atoms with Crippen molar-refractivity contribution in [3.8, 4) is 0 Å². The summed E-state index contributed by atoms with van der Waals surface area (Å²) in [6.45, 7) is 0. The van der Waals surface area contributed by atoms with E-state index in [1.54, 1.807) is 0 Å². The normalized spacial score (nSPS) is 19.5. The summed E-state index contributed by atoms with van der Waals surface area (Å²) in [5, 5.41) is 13.1. The van der Waals surface area contributed by atoms with E-state index in [-0.39, 0.29) is 11.1 Å². The molecule has 3 rings (SSSR count). The van der Waals surface area contributed by atoms with Crippen LogP contribution in [0.5, 0.6) is 0 Å². The number of para-hydroxylation sites is 1. The van der Waals surface area contributed by atoms with Crippen LogP contribution in [-0.4, -0.2) is 16.8 Å². The van der Waals surface area contributed by atoms with E-state index in [0.717, 1.165) is 12.1 Å². The van der Waals surface area contributed by atoms with Gasteiger partial charge in [0.1, 0.15) is 0 Å². The third-order valence-corrected chi connectivity index (χ3v) is 4.26. The number of alkyl halides is 3. The van der Waals surface area contributed by atoms with Crippen LogP contribution >= 0.6 is 11.6 Å². The molecule has 0 spiro atoms. The maximum atomic E-state index is 13.1. The van der Waals surface area contributed by atoms with Crippen molar-refractivity contribution in [3.05, 3.63) is 64.2 Å². The Bertz CT molecular complexity index is 864. The summed E-state index contributed by atoms with van der Waals surface area (Å²) in [6.07, 6.45) is -5.39. The number of rotatable bonds is 3. The van der Waals surface area contributed by atoms with Crippen LogP contribution in [0.2, 0.25) is 5.02 Å². The molecule has 1 heterocycles. The first-order valence-electron chi connectivity index (χ1n) is 7.16. The molecule has 8 heteroatoms. The number of anilines is 1. The molecule has 4 nitrogen and oxygen atoms in total. The van der Waals surface area contributed by atoms with Crippen LogP contribution in [-0.2, 0) is 16.6 Å². The van der Waals surface area contributed by atoms with Crippen LogP contribution in [0.3, 0.4) is 0 Å². The summed E-state index contributed by atoms with van der Waals surface area (Å²) in [6, 6.07) is 8.82. The summed E-state index contributed by atoms with van der Waals surface area (Å²) in [5.74, 6) is -1.67. The maximum Gasteiger partial charge on any atom is 0.418 e. The van der Waals surface area contributed by atoms with E-state index in [2.05, 4.69) is 0 Å². The Morgan fingerprint density at radius 1 is 1.16 bits per heavy atom. The number of nitrogens with one attached hydrogen (secondary N) is 1. The lowest BCUT2D eigenvalue weighted by Crippen LogP contribution is -2.36. The fourth-order valence-corrected chi connectivity index (χ4v) is 2.88. The van der Waals surface area contributed by atoms with Gasteiger partial charge in [0.2, 0.25) is 0 Å². The first kappa shape index (κ1) is 17.4. The van der Waals surface area contributed by atoms with Crippen LogP contribution < -0.4 is 5.32 Å². The number of aliphatic hydroxyl groups is 1. The van der Waals surface area contributed by atoms with Crippen LogP contribution in [0.4, 0.5) is 18.9 Å². The number of Topliss-reactive ketones (excluding diaryl/α,β-unsaturated/α-hetero) is 1. The van der Waals surface area contributed by atoms with Gasteiger partial charge in [0.15, 0.2) is 11.4 Å². The highest BCUT2D eigenvalue weighted by atomic mass is 35.5. The average Bonchev–Trinajstić information content (AvgIpc) is 2.78. The van der Waals surface area contributed by atoms with Gasteiger partial charge >= 0.3 is 6.18 Å². The summed E-state index contributed by atoms with van der Waals surface area (Å²) in [5.41, 5.74) is -4.05. The van der Waals surface area contributed by atoms with Gasteiger partial charge in [-0.2, -0.15) is 13.2 Å². The zero-order valence-corrected chi connectivity index (χ0v) is 13.3. The molecule has 0 saturated heterocycles. The Balaban J connectivity index is 1.99. The standard InChI is InChI=1S/C17H11ClF3NO3/c18-10-6-4-9(5-7-10)13(23)8-16(25)11-2-1-3-12(17(19,20)21)14(11)22-15(16)24/h1-7,25H,8H2,(H,22,24). The SMILES string of the molecule is O=C(CC1(O)C(=O)Nc2c(C(F)(F)F)cccc21)c1ccc(Cl)cc1. The predicted molar refractivity (Wildman–Crippen MR) is 84.4 cm³/mol. The summed E-state index contributed by atoms with van der Waals surface area (Å²) in [7, 11) is 0. The molecule has 1 unspecified atom stereocenters. The van der Waals surface area contributed by atoms with Gasteiger partial charge in [0.25, 0.3) is 5.91 Å². The van der Waals surface area contributed by atoms with E-state index >= 15 is 0 Å². The van der Waals surface area contributed by atoms with Gasteiger partial charge < -0.3 is 10.4 Å². The Kier molecular flexibility index (Phi) is 4.09. The van der Waals surface area contributed by atoms with E-state index in [1.165, 1.54) is 30.3 Å². The molecule has 1 amide bonds. The summed E-state index contributed by atoms with van der Waals surface area (Å²) >= 11 is 5.73. The smallest absolute Gasteiger partial charge is 0.375 e. The first-order chi connectivity index (χ1) is 11.6. The number of carbonyl (C=O) groups excluding carboxylic acids is 2. The first-order valence-corrected chi connectivity index (χ1v) is 7.54. The predicted octanol–water partition coefficient (Wildman–Crippen LogP) is 3.77. The van der Waals surface area contributed by atoms with Gasteiger partial charge in [-0.25, -0.2) is 0 Å². The zero-order valence-electron chi connectivity index (χ0n) is 12.5. The van der Waals surface area contributed by atoms with Crippen molar-refractivity contribution >= 4 is 29.0 Å². The van der Waals surface area contributed by atoms with Crippen molar-refractivity contribution < 1.29 is 27.9 Å². The number of carbonyl (C=O) groups is 2. The highest BCUT2D eigenvalue weighted by Gasteiger charge is 2.50. The van der Waals surface area contributed by atoms with Crippen LogP contribution in [0.15, 0.2) is 42.5 Å². The topological polar surface area (TPSA) is 66.4 Å². The monoisotopic (exact) mass is 369 g/mol. The molecule has 0 fully saturated rings. The molecule has 1 aliphatic heterocycles. The molecule has 1 atom stereocenters. The lowest BCUT2D eigenvalue weighted by Gasteiger charge is -2.20. The van der Waals surface area contributed by atoms with Gasteiger partial charge in [0, 0.05) is 16.1 Å². The number of halogens is 4. The third-order valence-electron chi connectivity index (χ3n) is 4.01. The Morgan fingerprint density at radius 3 is 2.40 bits per heavy atom. The number of benzene rings is 2. The lowest BCUT2D eigenvalue weighted by atomic mass is 9.87. The molecule has 0 aliphatic carbocycles. The van der Waals surface area contributed by atoms with Gasteiger partial charge in [-0.05, 0) is 30.3 Å². The number of ketones is 1. The van der Waals surface area contributed by atoms with Gasteiger partial charge in [0.05, 0.1) is 17.7 Å². The minimum absolute atomic E-state index is 0.186. The lowest BCUT2D eigenvalue weighted by molar-refractivity contribution is -0.137. The van der Waals surface area contributed by atoms with Gasteiger partial charge in [-0.15, -0.1) is 0 Å². The minimum Gasteiger partial charge on any atom is -0.375 e. The number of hydrogen-bond donors (Lipinski definition) is 2.